The third kappa shape index (κ3) is 3.91. The third-order valence-corrected chi connectivity index (χ3v) is 5.71. The van der Waals surface area contributed by atoms with Crippen LogP contribution < -0.4 is 0 Å². The molecular formula is C14H13ClO3S2. The quantitative estimate of drug-likeness (QED) is 0.757. The number of Topliss-reactive ketones (excluding diaryl/α,β-unsaturated/α-hetero) is 1. The first-order chi connectivity index (χ1) is 9.49. The highest BCUT2D eigenvalue weighted by atomic mass is 35.5. The maximum Gasteiger partial charge on any atom is 0.178 e. The Bertz CT molecular complexity index is 691. The normalized spacial score (nSPS) is 11.4. The largest absolute Gasteiger partial charge is 0.293 e. The molecule has 1 heterocycles. The number of hydrogen-bond donors (Lipinski definition) is 0. The molecule has 0 aliphatic heterocycles. The van der Waals surface area contributed by atoms with Gasteiger partial charge in [0.05, 0.1) is 15.5 Å². The number of carbonyl (C=O) groups excluding carboxylic acids is 1. The molecule has 6 heteroatoms. The lowest BCUT2D eigenvalue weighted by Gasteiger charge is -2.04. The van der Waals surface area contributed by atoms with Crippen LogP contribution in [0.15, 0.2) is 46.7 Å². The van der Waals surface area contributed by atoms with Crippen molar-refractivity contribution in [3.05, 3.63) is 51.7 Å². The fourth-order valence-corrected chi connectivity index (χ4v) is 4.06. The number of hydrogen-bond acceptors (Lipinski definition) is 4. The molecule has 2 aromatic rings. The Morgan fingerprint density at radius 3 is 2.65 bits per heavy atom. The van der Waals surface area contributed by atoms with E-state index in [2.05, 4.69) is 0 Å². The molecule has 1 aromatic heterocycles. The van der Waals surface area contributed by atoms with E-state index in [0.717, 1.165) is 0 Å². The lowest BCUT2D eigenvalue weighted by atomic mass is 10.2. The fraction of sp³-hybridized carbons (Fsp3) is 0.214. The van der Waals surface area contributed by atoms with Gasteiger partial charge >= 0.3 is 0 Å². The molecule has 0 aliphatic rings. The summed E-state index contributed by atoms with van der Waals surface area (Å²) in [6.45, 7) is 0. The van der Waals surface area contributed by atoms with Gasteiger partial charge in [0.25, 0.3) is 0 Å². The van der Waals surface area contributed by atoms with Crippen molar-refractivity contribution in [1.82, 2.24) is 0 Å². The van der Waals surface area contributed by atoms with Crippen molar-refractivity contribution >= 4 is 38.6 Å². The highest BCUT2D eigenvalue weighted by Gasteiger charge is 2.16. The van der Waals surface area contributed by atoms with Crippen molar-refractivity contribution in [3.8, 4) is 0 Å². The average molecular weight is 329 g/mol. The molecule has 0 saturated heterocycles. The molecule has 0 saturated carbocycles. The van der Waals surface area contributed by atoms with Crippen LogP contribution in [0.2, 0.25) is 5.02 Å². The molecule has 0 spiro atoms. The van der Waals surface area contributed by atoms with Crippen molar-refractivity contribution < 1.29 is 13.2 Å². The van der Waals surface area contributed by atoms with E-state index < -0.39 is 9.84 Å². The van der Waals surface area contributed by atoms with E-state index in [9.17, 15) is 13.2 Å². The van der Waals surface area contributed by atoms with Gasteiger partial charge in [0.1, 0.15) is 0 Å². The maximum absolute atomic E-state index is 12.1. The smallest absolute Gasteiger partial charge is 0.178 e. The van der Waals surface area contributed by atoms with E-state index in [1.165, 1.54) is 23.5 Å². The zero-order valence-corrected chi connectivity index (χ0v) is 13.0. The number of halogens is 1. The van der Waals surface area contributed by atoms with Crippen LogP contribution in [0.5, 0.6) is 0 Å². The second-order valence-corrected chi connectivity index (χ2v) is 7.77. The highest BCUT2D eigenvalue weighted by molar-refractivity contribution is 7.91. The Kier molecular flexibility index (Phi) is 4.96. The van der Waals surface area contributed by atoms with Gasteiger partial charge in [-0.05, 0) is 36.1 Å². The van der Waals surface area contributed by atoms with Crippen LogP contribution >= 0.6 is 22.9 Å². The zero-order chi connectivity index (χ0) is 14.6. The maximum atomic E-state index is 12.1. The monoisotopic (exact) mass is 328 g/mol. The SMILES string of the molecule is O=C(CCCS(=O)(=O)c1cccc(Cl)c1)c1cccs1. The van der Waals surface area contributed by atoms with Gasteiger partial charge in [0.2, 0.25) is 0 Å². The molecule has 3 nitrogen and oxygen atoms in total. The standard InChI is InChI=1S/C14H13ClO3S2/c15-11-4-1-5-12(10-11)20(17,18)9-3-6-13(16)14-7-2-8-19-14/h1-2,4-5,7-8,10H,3,6,9H2. The summed E-state index contributed by atoms with van der Waals surface area (Å²) in [6, 6.07) is 9.73. The molecule has 0 aliphatic carbocycles. The van der Waals surface area contributed by atoms with E-state index in [0.29, 0.717) is 16.3 Å². The van der Waals surface area contributed by atoms with Crippen LogP contribution in [0.25, 0.3) is 0 Å². The van der Waals surface area contributed by atoms with Gasteiger partial charge < -0.3 is 0 Å². The molecule has 0 fully saturated rings. The summed E-state index contributed by atoms with van der Waals surface area (Å²) in [6.07, 6.45) is 0.548. The molecule has 0 N–H and O–H groups in total. The lowest BCUT2D eigenvalue weighted by Crippen LogP contribution is -2.08. The molecule has 20 heavy (non-hydrogen) atoms. The first-order valence-corrected chi connectivity index (χ1v) is 8.95. The number of rotatable bonds is 6. The first-order valence-electron chi connectivity index (χ1n) is 6.04. The second-order valence-electron chi connectivity index (χ2n) is 4.28. The minimum Gasteiger partial charge on any atom is -0.293 e. The number of benzene rings is 1. The molecule has 0 atom stereocenters. The van der Waals surface area contributed by atoms with Crippen molar-refractivity contribution in [2.75, 3.05) is 5.75 Å². The van der Waals surface area contributed by atoms with E-state index >= 15 is 0 Å². The second kappa shape index (κ2) is 6.52. The predicted molar refractivity (Wildman–Crippen MR) is 81.4 cm³/mol. The van der Waals surface area contributed by atoms with Gasteiger partial charge in [-0.25, -0.2) is 8.42 Å². The highest BCUT2D eigenvalue weighted by Crippen LogP contribution is 2.18. The number of ketones is 1. The van der Waals surface area contributed by atoms with Gasteiger partial charge in [0.15, 0.2) is 15.6 Å². The fourth-order valence-electron chi connectivity index (χ4n) is 1.76. The van der Waals surface area contributed by atoms with Crippen molar-refractivity contribution in [1.29, 1.82) is 0 Å². The molecule has 0 unspecified atom stereocenters. The minimum atomic E-state index is -3.38. The summed E-state index contributed by atoms with van der Waals surface area (Å²) < 4.78 is 24.2. The Balaban J connectivity index is 1.95. The average Bonchev–Trinajstić information content (AvgIpc) is 2.92. The molecule has 0 bridgehead atoms. The Morgan fingerprint density at radius 1 is 1.20 bits per heavy atom. The third-order valence-electron chi connectivity index (χ3n) is 2.77. The zero-order valence-electron chi connectivity index (χ0n) is 10.6. The molecule has 0 amide bonds. The molecule has 2 rings (SSSR count). The number of carbonyl (C=O) groups is 1. The van der Waals surface area contributed by atoms with Crippen LogP contribution in [0.3, 0.4) is 0 Å². The number of thiophene rings is 1. The van der Waals surface area contributed by atoms with Gasteiger partial charge in [-0.15, -0.1) is 11.3 Å². The first kappa shape index (κ1) is 15.2. The van der Waals surface area contributed by atoms with Crippen LogP contribution in [-0.4, -0.2) is 20.0 Å². The van der Waals surface area contributed by atoms with Crippen LogP contribution in [0.4, 0.5) is 0 Å². The molecule has 1 aromatic carbocycles. The summed E-state index contributed by atoms with van der Waals surface area (Å²) in [4.78, 5) is 12.7. The van der Waals surface area contributed by atoms with E-state index in [1.54, 1.807) is 24.3 Å². The van der Waals surface area contributed by atoms with Crippen LogP contribution in [0, 0.1) is 0 Å². The van der Waals surface area contributed by atoms with E-state index in [1.807, 2.05) is 5.38 Å². The topological polar surface area (TPSA) is 51.2 Å². The van der Waals surface area contributed by atoms with Crippen molar-refractivity contribution in [2.45, 2.75) is 17.7 Å². The summed E-state index contributed by atoms with van der Waals surface area (Å²) in [7, 11) is -3.38. The van der Waals surface area contributed by atoms with Crippen LogP contribution in [-0.2, 0) is 9.84 Å². The molecule has 106 valence electrons. The van der Waals surface area contributed by atoms with Gasteiger partial charge in [0, 0.05) is 11.4 Å². The Labute approximate surface area is 127 Å². The summed E-state index contributed by atoms with van der Waals surface area (Å²) in [5.74, 6) is -0.0638. The summed E-state index contributed by atoms with van der Waals surface area (Å²) in [5.41, 5.74) is 0. The number of sulfone groups is 1. The lowest BCUT2D eigenvalue weighted by molar-refractivity contribution is 0.0986. The van der Waals surface area contributed by atoms with Crippen molar-refractivity contribution in [3.63, 3.8) is 0 Å². The minimum absolute atomic E-state index is 0.0127. The van der Waals surface area contributed by atoms with Gasteiger partial charge in [-0.3, -0.25) is 4.79 Å². The van der Waals surface area contributed by atoms with Crippen molar-refractivity contribution in [2.24, 2.45) is 0 Å². The van der Waals surface area contributed by atoms with E-state index in [-0.39, 0.29) is 22.9 Å². The summed E-state index contributed by atoms with van der Waals surface area (Å²) in [5, 5.41) is 2.22. The van der Waals surface area contributed by atoms with Gasteiger partial charge in [-0.1, -0.05) is 23.7 Å². The predicted octanol–water partition coefficient (Wildman–Crippen LogP) is 3.84. The Hall–Kier alpha value is -1.17. The van der Waals surface area contributed by atoms with Crippen LogP contribution in [0.1, 0.15) is 22.5 Å². The molecule has 0 radical (unpaired) electrons. The van der Waals surface area contributed by atoms with Gasteiger partial charge in [-0.2, -0.15) is 0 Å². The Morgan fingerprint density at radius 2 is 2.00 bits per heavy atom. The molecular weight excluding hydrogens is 316 g/mol. The summed E-state index contributed by atoms with van der Waals surface area (Å²) >= 11 is 7.16. The van der Waals surface area contributed by atoms with E-state index in [4.69, 9.17) is 11.6 Å².